The Labute approximate surface area is 189 Å². The molecule has 5 N–H and O–H groups in total. The fourth-order valence-corrected chi connectivity index (χ4v) is 4.26. The second kappa shape index (κ2) is 8.70. The monoisotopic (exact) mass is 452 g/mol. The molecule has 1 unspecified atom stereocenters. The van der Waals surface area contributed by atoms with Crippen molar-refractivity contribution in [2.45, 2.75) is 25.9 Å². The van der Waals surface area contributed by atoms with E-state index < -0.39 is 11.9 Å². The molecule has 0 saturated carbocycles. The molecule has 1 amide bonds. The summed E-state index contributed by atoms with van der Waals surface area (Å²) in [6.07, 6.45) is 4.06. The van der Waals surface area contributed by atoms with Crippen molar-refractivity contribution in [3.8, 4) is 17.0 Å². The zero-order valence-corrected chi connectivity index (χ0v) is 18.2. The van der Waals surface area contributed by atoms with E-state index in [1.54, 1.807) is 18.3 Å². The van der Waals surface area contributed by atoms with Gasteiger partial charge in [-0.05, 0) is 49.4 Å². The van der Waals surface area contributed by atoms with Crippen LogP contribution in [0.1, 0.15) is 18.4 Å². The minimum Gasteiger partial charge on any atom is -0.474 e. The van der Waals surface area contributed by atoms with Gasteiger partial charge in [0.25, 0.3) is 0 Å². The van der Waals surface area contributed by atoms with Gasteiger partial charge in [0.2, 0.25) is 5.88 Å². The van der Waals surface area contributed by atoms with Gasteiger partial charge in [0.05, 0.1) is 5.69 Å². The summed E-state index contributed by atoms with van der Waals surface area (Å²) in [5.41, 5.74) is 8.59. The summed E-state index contributed by atoms with van der Waals surface area (Å²) in [6.45, 7) is 4.61. The largest absolute Gasteiger partial charge is 0.474 e. The van der Waals surface area contributed by atoms with Crippen molar-refractivity contribution < 1.29 is 18.7 Å². The van der Waals surface area contributed by atoms with E-state index in [0.29, 0.717) is 53.3 Å². The molecule has 9 nitrogen and oxygen atoms in total. The normalized spacial score (nSPS) is 17.6. The van der Waals surface area contributed by atoms with Crippen LogP contribution in [0.5, 0.6) is 5.88 Å². The Kier molecular flexibility index (Phi) is 5.59. The molecule has 172 valence electrons. The lowest BCUT2D eigenvalue weighted by molar-refractivity contribution is 0.0941. The number of hydrogen-bond donors (Lipinski definition) is 4. The van der Waals surface area contributed by atoms with E-state index >= 15 is 4.39 Å². The number of fused-ring (bicyclic) bond motifs is 2. The fourth-order valence-electron chi connectivity index (χ4n) is 4.26. The maximum Gasteiger partial charge on any atom is 0.413 e. The van der Waals surface area contributed by atoms with E-state index in [9.17, 15) is 4.79 Å². The number of hydrogen-bond acceptors (Lipinski definition) is 8. The van der Waals surface area contributed by atoms with Crippen LogP contribution in [-0.2, 0) is 4.74 Å². The summed E-state index contributed by atoms with van der Waals surface area (Å²) in [6, 6.07) is 3.34. The van der Waals surface area contributed by atoms with Crippen LogP contribution < -0.4 is 26.4 Å². The highest BCUT2D eigenvalue weighted by atomic mass is 19.1. The smallest absolute Gasteiger partial charge is 0.413 e. The van der Waals surface area contributed by atoms with Crippen molar-refractivity contribution in [2.75, 3.05) is 42.6 Å². The lowest BCUT2D eigenvalue weighted by Gasteiger charge is -2.23. The van der Waals surface area contributed by atoms with E-state index in [2.05, 4.69) is 25.9 Å². The Morgan fingerprint density at radius 3 is 2.97 bits per heavy atom. The number of ether oxygens (including phenoxy) is 2. The first-order valence-corrected chi connectivity index (χ1v) is 10.9. The maximum absolute atomic E-state index is 15.3. The van der Waals surface area contributed by atoms with Crippen molar-refractivity contribution in [3.05, 3.63) is 35.9 Å². The molecule has 33 heavy (non-hydrogen) atoms. The van der Waals surface area contributed by atoms with Gasteiger partial charge in [0.1, 0.15) is 24.2 Å². The average molecular weight is 452 g/mol. The molecule has 10 heteroatoms. The van der Waals surface area contributed by atoms with Gasteiger partial charge in [0, 0.05) is 42.0 Å². The lowest BCUT2D eigenvalue weighted by atomic mass is 9.97. The van der Waals surface area contributed by atoms with Gasteiger partial charge >= 0.3 is 6.09 Å². The number of piperidine rings is 1. The zero-order chi connectivity index (χ0) is 22.9. The van der Waals surface area contributed by atoms with E-state index in [1.807, 2.05) is 6.92 Å². The predicted molar refractivity (Wildman–Crippen MR) is 124 cm³/mol. The van der Waals surface area contributed by atoms with Crippen LogP contribution in [0.15, 0.2) is 24.5 Å². The molecule has 0 bridgehead atoms. The molecule has 1 fully saturated rings. The third kappa shape index (κ3) is 4.09. The van der Waals surface area contributed by atoms with Crippen LogP contribution in [0.4, 0.5) is 26.4 Å². The maximum atomic E-state index is 15.3. The number of nitrogens with zero attached hydrogens (tertiary/aromatic N) is 2. The molecule has 0 spiro atoms. The van der Waals surface area contributed by atoms with Gasteiger partial charge in [-0.15, -0.1) is 0 Å². The van der Waals surface area contributed by atoms with E-state index in [1.165, 1.54) is 6.20 Å². The summed E-state index contributed by atoms with van der Waals surface area (Å²) in [4.78, 5) is 20.8. The molecular weight excluding hydrogens is 427 g/mol. The average Bonchev–Trinajstić information content (AvgIpc) is 2.82. The fraction of sp³-hybridized carbons (Fsp3) is 0.348. The molecule has 2 aliphatic heterocycles. The number of aromatic nitrogens is 2. The minimum absolute atomic E-state index is 0.0151. The second-order valence-corrected chi connectivity index (χ2v) is 8.19. The highest BCUT2D eigenvalue weighted by Gasteiger charge is 2.22. The summed E-state index contributed by atoms with van der Waals surface area (Å²) < 4.78 is 26.3. The SMILES string of the molecule is Cc1c(-c2cc3cc(NC(=O)OC4CCCNC4)ncc3c(N)c2F)cnc2c1NCCO2. The molecule has 2 aliphatic rings. The molecule has 2 aromatic heterocycles. The van der Waals surface area contributed by atoms with Crippen LogP contribution in [0.25, 0.3) is 21.9 Å². The third-order valence-corrected chi connectivity index (χ3v) is 5.99. The van der Waals surface area contributed by atoms with Crippen molar-refractivity contribution in [3.63, 3.8) is 0 Å². The topological polar surface area (TPSA) is 123 Å². The van der Waals surface area contributed by atoms with Crippen LogP contribution in [0, 0.1) is 12.7 Å². The number of pyridine rings is 2. The lowest BCUT2D eigenvalue weighted by Crippen LogP contribution is -2.37. The minimum atomic E-state index is -0.577. The molecule has 1 aromatic carbocycles. The number of carbonyl (C=O) groups excluding carboxylic acids is 1. The van der Waals surface area contributed by atoms with Crippen molar-refractivity contribution in [1.29, 1.82) is 0 Å². The Balaban J connectivity index is 1.47. The quantitative estimate of drug-likeness (QED) is 0.446. The van der Waals surface area contributed by atoms with E-state index in [-0.39, 0.29) is 11.8 Å². The molecule has 0 aliphatic carbocycles. The van der Waals surface area contributed by atoms with Crippen molar-refractivity contribution >= 4 is 34.1 Å². The number of carbonyl (C=O) groups is 1. The second-order valence-electron chi connectivity index (χ2n) is 8.19. The highest BCUT2D eigenvalue weighted by molar-refractivity contribution is 5.99. The van der Waals surface area contributed by atoms with Crippen LogP contribution in [-0.4, -0.2) is 48.4 Å². The molecule has 1 saturated heterocycles. The number of benzene rings is 1. The first kappa shape index (κ1) is 21.2. The summed E-state index contributed by atoms with van der Waals surface area (Å²) in [5.74, 6) is 0.249. The molecule has 5 rings (SSSR count). The molecule has 4 heterocycles. The summed E-state index contributed by atoms with van der Waals surface area (Å²) in [7, 11) is 0. The number of nitrogens with one attached hydrogen (secondary N) is 3. The van der Waals surface area contributed by atoms with Crippen LogP contribution >= 0.6 is 0 Å². The standard InChI is InChI=1S/C23H25FN6O3/c1-12-16(10-29-22-21(12)27-5-6-32-22)15-7-13-8-18(28-11-17(13)20(25)19(15)24)30-23(31)33-14-3-2-4-26-9-14/h7-8,10-11,14,26-27H,2-6,9,25H2,1H3,(H,28,30,31). The Morgan fingerprint density at radius 1 is 1.27 bits per heavy atom. The van der Waals surface area contributed by atoms with Crippen molar-refractivity contribution in [1.82, 2.24) is 15.3 Å². The van der Waals surface area contributed by atoms with Gasteiger partial charge in [-0.1, -0.05) is 0 Å². The van der Waals surface area contributed by atoms with E-state index in [0.717, 1.165) is 30.6 Å². The molecule has 3 aromatic rings. The number of nitrogens with two attached hydrogens (primary N) is 1. The third-order valence-electron chi connectivity index (χ3n) is 5.99. The number of halogens is 1. The number of nitrogen functional groups attached to an aromatic ring is 1. The van der Waals surface area contributed by atoms with Gasteiger partial charge in [-0.2, -0.15) is 0 Å². The molecule has 0 radical (unpaired) electrons. The first-order valence-electron chi connectivity index (χ1n) is 10.9. The number of rotatable bonds is 3. The van der Waals surface area contributed by atoms with Gasteiger partial charge in [0.15, 0.2) is 5.82 Å². The Bertz CT molecular complexity index is 1230. The Morgan fingerprint density at radius 2 is 2.15 bits per heavy atom. The predicted octanol–water partition coefficient (Wildman–Crippen LogP) is 3.43. The highest BCUT2D eigenvalue weighted by Crippen LogP contribution is 2.39. The van der Waals surface area contributed by atoms with Crippen molar-refractivity contribution in [2.24, 2.45) is 0 Å². The van der Waals surface area contributed by atoms with Gasteiger partial charge in [-0.3, -0.25) is 5.32 Å². The zero-order valence-electron chi connectivity index (χ0n) is 18.2. The first-order chi connectivity index (χ1) is 16.0. The summed E-state index contributed by atoms with van der Waals surface area (Å²) >= 11 is 0. The molecule has 1 atom stereocenters. The van der Waals surface area contributed by atoms with E-state index in [4.69, 9.17) is 15.2 Å². The summed E-state index contributed by atoms with van der Waals surface area (Å²) in [5, 5.41) is 10.2. The van der Waals surface area contributed by atoms with Gasteiger partial charge < -0.3 is 25.8 Å². The number of anilines is 3. The number of amides is 1. The molecular formula is C23H25FN6O3. The van der Waals surface area contributed by atoms with Crippen LogP contribution in [0.3, 0.4) is 0 Å². The Hall–Kier alpha value is -3.66. The van der Waals surface area contributed by atoms with Gasteiger partial charge in [-0.25, -0.2) is 19.2 Å². The van der Waals surface area contributed by atoms with Crippen LogP contribution in [0.2, 0.25) is 0 Å².